The second-order valence-electron chi connectivity index (χ2n) is 9.41. The van der Waals surface area contributed by atoms with Crippen molar-refractivity contribution in [1.82, 2.24) is 10.2 Å². The normalized spacial score (nSPS) is 12.9. The van der Waals surface area contributed by atoms with Crippen LogP contribution in [0.4, 0.5) is 14.5 Å². The highest BCUT2D eigenvalue weighted by molar-refractivity contribution is 7.92. The molecule has 0 aliphatic heterocycles. The average Bonchev–Trinajstić information content (AvgIpc) is 2.91. The molecule has 0 radical (unpaired) electrons. The molecule has 0 aliphatic rings. The maximum atomic E-state index is 14.6. The van der Waals surface area contributed by atoms with Crippen molar-refractivity contribution in [3.63, 3.8) is 0 Å². The highest BCUT2D eigenvalue weighted by Crippen LogP contribution is 2.25. The Morgan fingerprint density at radius 1 is 0.923 bits per heavy atom. The van der Waals surface area contributed by atoms with E-state index in [0.717, 1.165) is 26.9 Å². The van der Waals surface area contributed by atoms with E-state index in [9.17, 15) is 26.8 Å². The molecule has 0 bridgehead atoms. The second-order valence-corrected chi connectivity index (χ2v) is 11.3. The summed E-state index contributed by atoms with van der Waals surface area (Å²) in [5.41, 5.74) is 1.08. The summed E-state index contributed by atoms with van der Waals surface area (Å²) in [5.74, 6) is -2.32. The lowest BCUT2D eigenvalue weighted by Crippen LogP contribution is -2.52. The van der Waals surface area contributed by atoms with Gasteiger partial charge in [0.25, 0.3) is 10.0 Å². The minimum atomic E-state index is -4.27. The van der Waals surface area contributed by atoms with Crippen molar-refractivity contribution in [1.29, 1.82) is 0 Å². The van der Waals surface area contributed by atoms with Gasteiger partial charge in [0, 0.05) is 18.2 Å². The van der Waals surface area contributed by atoms with E-state index in [2.05, 4.69) is 5.32 Å². The van der Waals surface area contributed by atoms with Crippen molar-refractivity contribution in [2.24, 2.45) is 0 Å². The van der Waals surface area contributed by atoms with Gasteiger partial charge in [-0.05, 0) is 69.7 Å². The van der Waals surface area contributed by atoms with Gasteiger partial charge >= 0.3 is 0 Å². The number of nitrogens with one attached hydrogen (secondary N) is 1. The first-order valence-electron chi connectivity index (χ1n) is 12.6. The highest BCUT2D eigenvalue weighted by atomic mass is 32.2. The minimum absolute atomic E-state index is 0.0616. The summed E-state index contributed by atoms with van der Waals surface area (Å²) in [6, 6.07) is 15.5. The summed E-state index contributed by atoms with van der Waals surface area (Å²) in [6.07, 6.45) is 0.660. The number of rotatable bonds is 11. The third-order valence-electron chi connectivity index (χ3n) is 6.47. The molecule has 0 saturated heterocycles. The van der Waals surface area contributed by atoms with Crippen LogP contribution in [-0.2, 0) is 26.2 Å². The number of hydrogen-bond donors (Lipinski definition) is 1. The van der Waals surface area contributed by atoms with Crippen LogP contribution in [0.2, 0.25) is 0 Å². The fourth-order valence-electron chi connectivity index (χ4n) is 3.83. The molecular weight excluding hydrogens is 524 g/mol. The average molecular weight is 558 g/mol. The number of benzene rings is 3. The van der Waals surface area contributed by atoms with Crippen molar-refractivity contribution in [2.45, 2.75) is 57.6 Å². The molecule has 0 unspecified atom stereocenters. The number of amides is 2. The van der Waals surface area contributed by atoms with Crippen LogP contribution >= 0.6 is 0 Å². The van der Waals surface area contributed by atoms with Gasteiger partial charge < -0.3 is 10.2 Å². The van der Waals surface area contributed by atoms with Crippen LogP contribution < -0.4 is 9.62 Å². The molecule has 0 spiro atoms. The maximum Gasteiger partial charge on any atom is 0.264 e. The van der Waals surface area contributed by atoms with Crippen molar-refractivity contribution in [3.8, 4) is 0 Å². The van der Waals surface area contributed by atoms with E-state index in [-0.39, 0.29) is 28.7 Å². The zero-order valence-corrected chi connectivity index (χ0v) is 23.2. The molecule has 3 rings (SSSR count). The molecule has 208 valence electrons. The van der Waals surface area contributed by atoms with E-state index in [4.69, 9.17) is 0 Å². The van der Waals surface area contributed by atoms with E-state index in [1.807, 2.05) is 20.8 Å². The van der Waals surface area contributed by atoms with Gasteiger partial charge in [0.2, 0.25) is 11.8 Å². The van der Waals surface area contributed by atoms with Gasteiger partial charge in [-0.1, -0.05) is 42.8 Å². The fraction of sp³-hybridized carbons (Fsp3) is 0.310. The Morgan fingerprint density at radius 3 is 2.13 bits per heavy atom. The third kappa shape index (κ3) is 7.41. The van der Waals surface area contributed by atoms with E-state index in [1.165, 1.54) is 49.4 Å². The Morgan fingerprint density at radius 2 is 1.54 bits per heavy atom. The van der Waals surface area contributed by atoms with Crippen LogP contribution in [0.25, 0.3) is 0 Å². The Balaban J connectivity index is 2.03. The van der Waals surface area contributed by atoms with Crippen LogP contribution in [0.3, 0.4) is 0 Å². The SMILES string of the molecule is CC[C@@H](C)NC(=O)[C@H](C)N(Cc1ccccc1F)C(=O)CN(c1ccc(F)cc1)S(=O)(=O)c1ccc(C)cc1. The molecular formula is C29H33F2N3O4S. The standard InChI is InChI=1S/C29H33F2N3O4S/c1-5-21(3)32-29(36)22(4)33(18-23-8-6-7-9-27(23)31)28(35)19-34(25-14-12-24(30)13-15-25)39(37,38)26-16-10-20(2)11-17-26/h6-17,21-22H,5,18-19H2,1-4H3,(H,32,36)/t21-,22+/m1/s1. The van der Waals surface area contributed by atoms with Gasteiger partial charge in [-0.2, -0.15) is 0 Å². The summed E-state index contributed by atoms with van der Waals surface area (Å²) in [4.78, 5) is 27.9. The van der Waals surface area contributed by atoms with Crippen molar-refractivity contribution in [3.05, 3.63) is 95.6 Å². The Bertz CT molecular complexity index is 1400. The molecule has 1 N–H and O–H groups in total. The number of sulfonamides is 1. The zero-order valence-electron chi connectivity index (χ0n) is 22.4. The lowest BCUT2D eigenvalue weighted by Gasteiger charge is -2.32. The van der Waals surface area contributed by atoms with E-state index in [0.29, 0.717) is 6.42 Å². The molecule has 10 heteroatoms. The van der Waals surface area contributed by atoms with Gasteiger partial charge in [0.15, 0.2) is 0 Å². The molecule has 7 nitrogen and oxygen atoms in total. The Kier molecular flexibility index (Phi) is 9.80. The molecule has 0 heterocycles. The minimum Gasteiger partial charge on any atom is -0.352 e. The first kappa shape index (κ1) is 29.8. The van der Waals surface area contributed by atoms with Crippen LogP contribution in [0, 0.1) is 18.6 Å². The number of aryl methyl sites for hydroxylation is 1. The summed E-state index contributed by atoms with van der Waals surface area (Å²) >= 11 is 0. The van der Waals surface area contributed by atoms with Crippen molar-refractivity contribution in [2.75, 3.05) is 10.8 Å². The van der Waals surface area contributed by atoms with Gasteiger partial charge in [0.05, 0.1) is 10.6 Å². The largest absolute Gasteiger partial charge is 0.352 e. The smallest absolute Gasteiger partial charge is 0.264 e. The van der Waals surface area contributed by atoms with Gasteiger partial charge in [-0.25, -0.2) is 17.2 Å². The fourth-order valence-corrected chi connectivity index (χ4v) is 5.25. The third-order valence-corrected chi connectivity index (χ3v) is 8.26. The lowest BCUT2D eigenvalue weighted by molar-refractivity contribution is -0.139. The van der Waals surface area contributed by atoms with Crippen LogP contribution in [-0.4, -0.2) is 43.8 Å². The van der Waals surface area contributed by atoms with Crippen LogP contribution in [0.15, 0.2) is 77.7 Å². The second kappa shape index (κ2) is 12.8. The number of halogens is 2. The summed E-state index contributed by atoms with van der Waals surface area (Å²) in [6.45, 7) is 6.07. The van der Waals surface area contributed by atoms with Gasteiger partial charge in [0.1, 0.15) is 24.2 Å². The molecule has 2 amide bonds. The number of carbonyl (C=O) groups is 2. The van der Waals surface area contributed by atoms with Crippen molar-refractivity contribution >= 4 is 27.5 Å². The first-order chi connectivity index (χ1) is 18.4. The topological polar surface area (TPSA) is 86.8 Å². The van der Waals surface area contributed by atoms with E-state index in [1.54, 1.807) is 18.2 Å². The number of anilines is 1. The molecule has 0 aromatic heterocycles. The molecule has 39 heavy (non-hydrogen) atoms. The molecule has 0 saturated carbocycles. The molecule has 3 aromatic rings. The van der Waals surface area contributed by atoms with Crippen molar-refractivity contribution < 1.29 is 26.8 Å². The molecule has 0 fully saturated rings. The quantitative estimate of drug-likeness (QED) is 0.367. The van der Waals surface area contributed by atoms with E-state index < -0.39 is 46.1 Å². The summed E-state index contributed by atoms with van der Waals surface area (Å²) in [7, 11) is -4.27. The number of carbonyl (C=O) groups excluding carboxylic acids is 2. The highest BCUT2D eigenvalue weighted by Gasteiger charge is 2.33. The predicted octanol–water partition coefficient (Wildman–Crippen LogP) is 4.80. The van der Waals surface area contributed by atoms with Gasteiger partial charge in [-0.15, -0.1) is 0 Å². The van der Waals surface area contributed by atoms with Crippen LogP contribution in [0.1, 0.15) is 38.3 Å². The first-order valence-corrected chi connectivity index (χ1v) is 14.1. The maximum absolute atomic E-state index is 14.6. The Labute approximate surface area is 228 Å². The monoisotopic (exact) mass is 557 g/mol. The summed E-state index contributed by atoms with van der Waals surface area (Å²) < 4.78 is 56.5. The summed E-state index contributed by atoms with van der Waals surface area (Å²) in [5, 5.41) is 2.82. The number of hydrogen-bond acceptors (Lipinski definition) is 4. The predicted molar refractivity (Wildman–Crippen MR) is 146 cm³/mol. The molecule has 3 aromatic carbocycles. The Hall–Kier alpha value is -3.79. The molecule has 0 aliphatic carbocycles. The van der Waals surface area contributed by atoms with Gasteiger partial charge in [-0.3, -0.25) is 13.9 Å². The lowest BCUT2D eigenvalue weighted by atomic mass is 10.1. The zero-order chi connectivity index (χ0) is 28.7. The molecule has 2 atom stereocenters. The number of nitrogens with zero attached hydrogens (tertiary/aromatic N) is 2. The van der Waals surface area contributed by atoms with Crippen LogP contribution in [0.5, 0.6) is 0 Å². The van der Waals surface area contributed by atoms with E-state index >= 15 is 0 Å².